The molecule has 0 amide bonds. The molecule has 2 aromatic heterocycles. The van der Waals surface area contributed by atoms with Crippen LogP contribution in [-0.4, -0.2) is 24.2 Å². The van der Waals surface area contributed by atoms with Crippen molar-refractivity contribution >= 4 is 11.2 Å². The van der Waals surface area contributed by atoms with Gasteiger partial charge in [0.1, 0.15) is 17.1 Å². The number of aromatic amines is 1. The lowest BCUT2D eigenvalue weighted by Gasteiger charge is -2.06. The third-order valence-electron chi connectivity index (χ3n) is 3.65. The first-order valence-corrected chi connectivity index (χ1v) is 7.10. The number of fused-ring (bicyclic) bond motifs is 1. The first-order chi connectivity index (χ1) is 10.6. The van der Waals surface area contributed by atoms with Gasteiger partial charge in [0.2, 0.25) is 0 Å². The minimum Gasteiger partial charge on any atom is -0.507 e. The smallest absolute Gasteiger partial charge is 0.332 e. The number of hydrogen-bond donors (Lipinski definition) is 2. The molecule has 7 heteroatoms. The van der Waals surface area contributed by atoms with Crippen molar-refractivity contribution in [2.75, 3.05) is 0 Å². The van der Waals surface area contributed by atoms with Crippen LogP contribution in [0.2, 0.25) is 0 Å². The molecular formula is C15H16N4O3. The molecule has 3 rings (SSSR count). The van der Waals surface area contributed by atoms with E-state index < -0.39 is 5.56 Å². The molecule has 0 saturated carbocycles. The van der Waals surface area contributed by atoms with E-state index in [4.69, 9.17) is 0 Å². The number of aromatic nitrogens is 4. The van der Waals surface area contributed by atoms with E-state index >= 15 is 0 Å². The van der Waals surface area contributed by atoms with Crippen LogP contribution < -0.4 is 11.2 Å². The number of phenolic OH excluding ortho intramolecular Hbond substituents is 1. The zero-order chi connectivity index (χ0) is 15.9. The monoisotopic (exact) mass is 300 g/mol. The molecule has 0 atom stereocenters. The molecule has 2 heterocycles. The summed E-state index contributed by atoms with van der Waals surface area (Å²) in [6, 6.07) is 6.70. The van der Waals surface area contributed by atoms with Crippen molar-refractivity contribution in [3.8, 4) is 17.1 Å². The molecule has 0 saturated heterocycles. The SMILES string of the molecule is CCn1c(=O)c2[nH]c(-c3ccccc3O)nc2n(CC)c1=O. The summed E-state index contributed by atoms with van der Waals surface area (Å²) in [5.41, 5.74) is 0.275. The second-order valence-electron chi connectivity index (χ2n) is 4.88. The van der Waals surface area contributed by atoms with Gasteiger partial charge in [-0.15, -0.1) is 0 Å². The van der Waals surface area contributed by atoms with Crippen LogP contribution in [0.4, 0.5) is 0 Å². The largest absolute Gasteiger partial charge is 0.507 e. The fraction of sp³-hybridized carbons (Fsp3) is 0.267. The Morgan fingerprint density at radius 2 is 1.82 bits per heavy atom. The molecule has 114 valence electrons. The molecule has 1 aromatic carbocycles. The van der Waals surface area contributed by atoms with E-state index in [-0.39, 0.29) is 17.0 Å². The van der Waals surface area contributed by atoms with Crippen molar-refractivity contribution in [1.29, 1.82) is 0 Å². The number of rotatable bonds is 3. The molecule has 0 aliphatic rings. The van der Waals surface area contributed by atoms with Gasteiger partial charge in [0, 0.05) is 13.1 Å². The molecule has 0 bridgehead atoms. The van der Waals surface area contributed by atoms with Crippen molar-refractivity contribution in [3.05, 3.63) is 45.1 Å². The van der Waals surface area contributed by atoms with Crippen molar-refractivity contribution in [2.45, 2.75) is 26.9 Å². The second kappa shape index (κ2) is 5.18. The molecule has 3 aromatic rings. The Hall–Kier alpha value is -2.83. The summed E-state index contributed by atoms with van der Waals surface area (Å²) in [5.74, 6) is 0.420. The van der Waals surface area contributed by atoms with Crippen molar-refractivity contribution in [2.24, 2.45) is 0 Å². The number of para-hydroxylation sites is 1. The molecular weight excluding hydrogens is 284 g/mol. The van der Waals surface area contributed by atoms with Crippen molar-refractivity contribution < 1.29 is 5.11 Å². The van der Waals surface area contributed by atoms with E-state index in [1.165, 1.54) is 9.13 Å². The third-order valence-corrected chi connectivity index (χ3v) is 3.65. The zero-order valence-corrected chi connectivity index (χ0v) is 12.3. The summed E-state index contributed by atoms with van der Waals surface area (Å²) in [5, 5.41) is 9.93. The maximum Gasteiger partial charge on any atom is 0.332 e. The fourth-order valence-corrected chi connectivity index (χ4v) is 2.53. The Morgan fingerprint density at radius 1 is 1.14 bits per heavy atom. The van der Waals surface area contributed by atoms with Gasteiger partial charge in [-0.05, 0) is 26.0 Å². The minimum atomic E-state index is -0.402. The standard InChI is InChI=1S/C15H16N4O3/c1-3-18-13-11(14(21)19(4-2)15(18)22)16-12(17-13)9-7-5-6-8-10(9)20/h5-8,20H,3-4H2,1-2H3,(H,16,17). The van der Waals surface area contributed by atoms with E-state index in [9.17, 15) is 14.7 Å². The van der Waals surface area contributed by atoms with Gasteiger partial charge in [0.05, 0.1) is 5.56 Å². The normalized spacial score (nSPS) is 11.2. The quantitative estimate of drug-likeness (QED) is 0.762. The summed E-state index contributed by atoms with van der Waals surface area (Å²) in [7, 11) is 0. The molecule has 0 aliphatic heterocycles. The third kappa shape index (κ3) is 1.93. The van der Waals surface area contributed by atoms with E-state index in [0.29, 0.717) is 30.1 Å². The Kier molecular flexibility index (Phi) is 3.32. The van der Waals surface area contributed by atoms with E-state index in [2.05, 4.69) is 9.97 Å². The van der Waals surface area contributed by atoms with Gasteiger partial charge in [0.25, 0.3) is 5.56 Å². The number of aryl methyl sites for hydroxylation is 1. The number of nitrogens with one attached hydrogen (secondary N) is 1. The Bertz CT molecular complexity index is 965. The van der Waals surface area contributed by atoms with Crippen molar-refractivity contribution in [1.82, 2.24) is 19.1 Å². The molecule has 0 radical (unpaired) electrons. The summed E-state index contributed by atoms with van der Waals surface area (Å²) < 4.78 is 2.61. The van der Waals surface area contributed by atoms with Gasteiger partial charge in [-0.25, -0.2) is 9.78 Å². The van der Waals surface area contributed by atoms with Crippen molar-refractivity contribution in [3.63, 3.8) is 0 Å². The number of benzene rings is 1. The number of phenols is 1. The maximum absolute atomic E-state index is 12.4. The molecule has 0 spiro atoms. The summed E-state index contributed by atoms with van der Waals surface area (Å²) in [4.78, 5) is 32.0. The number of hydrogen-bond acceptors (Lipinski definition) is 4. The van der Waals surface area contributed by atoms with Crippen LogP contribution in [0.25, 0.3) is 22.6 Å². The van der Waals surface area contributed by atoms with Gasteiger partial charge in [-0.1, -0.05) is 12.1 Å². The Balaban J connectivity index is 2.40. The minimum absolute atomic E-state index is 0.0581. The van der Waals surface area contributed by atoms with Crippen LogP contribution in [0.15, 0.2) is 33.9 Å². The van der Waals surface area contributed by atoms with Gasteiger partial charge in [-0.2, -0.15) is 0 Å². The molecule has 0 fully saturated rings. The fourth-order valence-electron chi connectivity index (χ4n) is 2.53. The van der Waals surface area contributed by atoms with Crippen LogP contribution in [0.3, 0.4) is 0 Å². The van der Waals surface area contributed by atoms with Crippen LogP contribution >= 0.6 is 0 Å². The molecule has 22 heavy (non-hydrogen) atoms. The lowest BCUT2D eigenvalue weighted by Crippen LogP contribution is -2.39. The number of aromatic hydroxyl groups is 1. The lowest BCUT2D eigenvalue weighted by atomic mass is 10.2. The molecule has 0 unspecified atom stereocenters. The van der Waals surface area contributed by atoms with Gasteiger partial charge in [-0.3, -0.25) is 13.9 Å². The van der Waals surface area contributed by atoms with Gasteiger partial charge < -0.3 is 10.1 Å². The lowest BCUT2D eigenvalue weighted by molar-refractivity contribution is 0.477. The second-order valence-corrected chi connectivity index (χ2v) is 4.88. The van der Waals surface area contributed by atoms with E-state index in [1.807, 2.05) is 6.92 Å². The highest BCUT2D eigenvalue weighted by Gasteiger charge is 2.17. The van der Waals surface area contributed by atoms with Gasteiger partial charge >= 0.3 is 5.69 Å². The summed E-state index contributed by atoms with van der Waals surface area (Å²) >= 11 is 0. The highest BCUT2D eigenvalue weighted by Crippen LogP contribution is 2.27. The molecule has 7 nitrogen and oxygen atoms in total. The molecule has 0 aliphatic carbocycles. The van der Waals surface area contributed by atoms with E-state index in [1.54, 1.807) is 31.2 Å². The zero-order valence-electron chi connectivity index (χ0n) is 12.3. The average molecular weight is 300 g/mol. The molecule has 2 N–H and O–H groups in total. The van der Waals surface area contributed by atoms with Crippen LogP contribution in [0, 0.1) is 0 Å². The summed E-state index contributed by atoms with van der Waals surface area (Å²) in [6.07, 6.45) is 0. The highest BCUT2D eigenvalue weighted by molar-refractivity contribution is 5.77. The topological polar surface area (TPSA) is 92.9 Å². The van der Waals surface area contributed by atoms with E-state index in [0.717, 1.165) is 0 Å². The first-order valence-electron chi connectivity index (χ1n) is 7.10. The Labute approximate surface area is 125 Å². The number of imidazole rings is 1. The van der Waals surface area contributed by atoms with Gasteiger partial charge in [0.15, 0.2) is 5.65 Å². The predicted octanol–water partition coefficient (Wildman–Crippen LogP) is 1.30. The Morgan fingerprint density at radius 3 is 2.45 bits per heavy atom. The number of H-pyrrole nitrogens is 1. The van der Waals surface area contributed by atoms with Crippen LogP contribution in [0.5, 0.6) is 5.75 Å². The summed E-state index contributed by atoms with van der Waals surface area (Å²) in [6.45, 7) is 4.26. The maximum atomic E-state index is 12.4. The first kappa shape index (κ1) is 14.1. The highest BCUT2D eigenvalue weighted by atomic mass is 16.3. The van der Waals surface area contributed by atoms with Crippen LogP contribution in [0.1, 0.15) is 13.8 Å². The van der Waals surface area contributed by atoms with Crippen LogP contribution in [-0.2, 0) is 13.1 Å². The average Bonchev–Trinajstić information content (AvgIpc) is 2.94. The predicted molar refractivity (Wildman–Crippen MR) is 83.1 cm³/mol. The number of nitrogens with zero attached hydrogens (tertiary/aromatic N) is 3.